The van der Waals surface area contributed by atoms with E-state index in [1.165, 1.54) is 4.57 Å². The molecule has 0 aliphatic rings. The van der Waals surface area contributed by atoms with Gasteiger partial charge in [-0.15, -0.1) is 0 Å². The van der Waals surface area contributed by atoms with Crippen LogP contribution >= 0.6 is 0 Å². The Bertz CT molecular complexity index is 757. The first-order chi connectivity index (χ1) is 9.72. The van der Waals surface area contributed by atoms with Gasteiger partial charge >= 0.3 is 0 Å². The van der Waals surface area contributed by atoms with Crippen molar-refractivity contribution in [1.82, 2.24) is 9.55 Å². The highest BCUT2D eigenvalue weighted by Gasteiger charge is 2.20. The van der Waals surface area contributed by atoms with Gasteiger partial charge in [0.05, 0.1) is 5.39 Å². The van der Waals surface area contributed by atoms with Gasteiger partial charge in [-0.3, -0.25) is 14.8 Å². The Morgan fingerprint density at radius 3 is 2.71 bits per heavy atom. The molecule has 2 heterocycles. The fourth-order valence-electron chi connectivity index (χ4n) is 2.16. The molecular weight excluding hydrogens is 268 g/mol. The lowest BCUT2D eigenvalue weighted by atomic mass is 9.92. The molecular formula is C15H20N4O2. The van der Waals surface area contributed by atoms with Gasteiger partial charge in [-0.05, 0) is 24.0 Å². The molecule has 0 bridgehead atoms. The number of amidine groups is 1. The first-order valence-corrected chi connectivity index (χ1v) is 6.77. The molecule has 0 saturated carbocycles. The van der Waals surface area contributed by atoms with E-state index in [4.69, 9.17) is 11.1 Å². The van der Waals surface area contributed by atoms with E-state index in [2.05, 4.69) is 25.8 Å². The summed E-state index contributed by atoms with van der Waals surface area (Å²) in [6.07, 6.45) is 2.34. The number of pyridine rings is 2. The van der Waals surface area contributed by atoms with Gasteiger partial charge in [-0.25, -0.2) is 4.98 Å². The summed E-state index contributed by atoms with van der Waals surface area (Å²) in [5.41, 5.74) is 5.27. The van der Waals surface area contributed by atoms with Gasteiger partial charge in [0.15, 0.2) is 0 Å². The number of hydrogen-bond donors (Lipinski definition) is 3. The van der Waals surface area contributed by atoms with Crippen molar-refractivity contribution in [2.45, 2.75) is 33.7 Å². The second kappa shape index (κ2) is 5.20. The van der Waals surface area contributed by atoms with Crippen LogP contribution in [0.1, 0.15) is 32.8 Å². The van der Waals surface area contributed by atoms with E-state index < -0.39 is 11.4 Å². The highest BCUT2D eigenvalue weighted by atomic mass is 16.3. The Morgan fingerprint density at radius 1 is 1.48 bits per heavy atom. The van der Waals surface area contributed by atoms with Gasteiger partial charge in [0, 0.05) is 12.7 Å². The third-order valence-electron chi connectivity index (χ3n) is 3.35. The maximum Gasteiger partial charge on any atom is 0.266 e. The highest BCUT2D eigenvalue weighted by Crippen LogP contribution is 2.26. The summed E-state index contributed by atoms with van der Waals surface area (Å²) in [5, 5.41) is 18.1. The molecule has 0 aromatic carbocycles. The van der Waals surface area contributed by atoms with E-state index in [1.807, 2.05) is 0 Å². The lowest BCUT2D eigenvalue weighted by molar-refractivity contribution is 0.350. The number of nitrogens with zero attached hydrogens (tertiary/aromatic N) is 2. The van der Waals surface area contributed by atoms with Crippen LogP contribution in [0, 0.1) is 10.8 Å². The van der Waals surface area contributed by atoms with Crippen molar-refractivity contribution in [3.05, 3.63) is 34.2 Å². The number of hydrogen-bond acceptors (Lipinski definition) is 4. The summed E-state index contributed by atoms with van der Waals surface area (Å²) >= 11 is 0. The third kappa shape index (κ3) is 2.89. The van der Waals surface area contributed by atoms with Crippen LogP contribution in [-0.2, 0) is 6.54 Å². The quantitative estimate of drug-likeness (QED) is 0.591. The van der Waals surface area contributed by atoms with Crippen molar-refractivity contribution < 1.29 is 5.11 Å². The van der Waals surface area contributed by atoms with Crippen molar-refractivity contribution in [2.75, 3.05) is 0 Å². The lowest BCUT2D eigenvalue weighted by Crippen LogP contribution is -2.31. The number of nitrogen functional groups attached to an aromatic ring is 1. The summed E-state index contributed by atoms with van der Waals surface area (Å²) in [6, 6.07) is 3.33. The molecule has 0 saturated heterocycles. The van der Waals surface area contributed by atoms with Crippen LogP contribution in [0.3, 0.4) is 0 Å². The number of fused-ring (bicyclic) bond motifs is 1. The number of rotatable bonds is 3. The zero-order valence-corrected chi connectivity index (χ0v) is 12.5. The maximum atomic E-state index is 12.5. The first kappa shape index (κ1) is 15.0. The Balaban J connectivity index is 2.73. The molecule has 0 fully saturated rings. The third-order valence-corrected chi connectivity index (χ3v) is 3.35. The van der Waals surface area contributed by atoms with E-state index in [0.717, 1.165) is 6.42 Å². The molecule has 0 aliphatic heterocycles. The Kier molecular flexibility index (Phi) is 3.72. The number of aromatic nitrogens is 2. The zero-order chi connectivity index (χ0) is 15.8. The molecule has 0 amide bonds. The molecule has 112 valence electrons. The van der Waals surface area contributed by atoms with Gasteiger partial charge in [-0.2, -0.15) is 0 Å². The SMILES string of the molecule is CC(C)(C)CCn1c(=O)c(C(=N)N)c(O)c2cccnc21. The van der Waals surface area contributed by atoms with Crippen molar-refractivity contribution in [2.24, 2.45) is 11.1 Å². The zero-order valence-electron chi connectivity index (χ0n) is 12.5. The predicted molar refractivity (Wildman–Crippen MR) is 82.8 cm³/mol. The van der Waals surface area contributed by atoms with Crippen LogP contribution in [0.4, 0.5) is 0 Å². The van der Waals surface area contributed by atoms with Crippen LogP contribution in [0.5, 0.6) is 5.75 Å². The molecule has 2 aromatic rings. The standard InChI is InChI=1S/C15H20N4O2/c1-15(2,3)6-8-19-13-9(5-4-7-18-13)11(20)10(12(16)17)14(19)21/h4-5,7,20H,6,8H2,1-3H3,(H3,16,17). The van der Waals surface area contributed by atoms with Gasteiger partial charge in [0.1, 0.15) is 22.8 Å². The molecule has 0 unspecified atom stereocenters. The topological polar surface area (TPSA) is 105 Å². The van der Waals surface area contributed by atoms with Crippen LogP contribution in [0.2, 0.25) is 0 Å². The molecule has 0 radical (unpaired) electrons. The van der Waals surface area contributed by atoms with Crippen molar-refractivity contribution >= 4 is 16.9 Å². The normalized spacial score (nSPS) is 11.8. The van der Waals surface area contributed by atoms with E-state index >= 15 is 0 Å². The van der Waals surface area contributed by atoms with Crippen molar-refractivity contribution in [3.8, 4) is 5.75 Å². The van der Waals surface area contributed by atoms with Gasteiger partial charge in [-0.1, -0.05) is 20.8 Å². The van der Waals surface area contributed by atoms with Crippen LogP contribution in [-0.4, -0.2) is 20.5 Å². The molecule has 0 aliphatic carbocycles. The largest absolute Gasteiger partial charge is 0.506 e. The fraction of sp³-hybridized carbons (Fsp3) is 0.400. The van der Waals surface area contributed by atoms with E-state index in [1.54, 1.807) is 18.3 Å². The highest BCUT2D eigenvalue weighted by molar-refractivity contribution is 6.02. The molecule has 0 spiro atoms. The molecule has 2 aromatic heterocycles. The smallest absolute Gasteiger partial charge is 0.266 e. The number of aryl methyl sites for hydroxylation is 1. The number of nitrogens with one attached hydrogen (secondary N) is 1. The molecule has 2 rings (SSSR count). The summed E-state index contributed by atoms with van der Waals surface area (Å²) in [6.45, 7) is 6.70. The van der Waals surface area contributed by atoms with Gasteiger partial charge in [0.2, 0.25) is 0 Å². The minimum Gasteiger partial charge on any atom is -0.506 e. The van der Waals surface area contributed by atoms with E-state index in [0.29, 0.717) is 17.6 Å². The summed E-state index contributed by atoms with van der Waals surface area (Å²) in [5.74, 6) is -0.713. The predicted octanol–water partition coefficient (Wildman–Crippen LogP) is 1.82. The van der Waals surface area contributed by atoms with E-state index in [9.17, 15) is 9.90 Å². The molecule has 4 N–H and O–H groups in total. The molecule has 6 nitrogen and oxygen atoms in total. The second-order valence-corrected chi connectivity index (χ2v) is 6.28. The van der Waals surface area contributed by atoms with Crippen molar-refractivity contribution in [1.29, 1.82) is 5.41 Å². The van der Waals surface area contributed by atoms with Crippen LogP contribution in [0.25, 0.3) is 11.0 Å². The summed E-state index contributed by atoms with van der Waals surface area (Å²) in [7, 11) is 0. The van der Waals surface area contributed by atoms with Crippen molar-refractivity contribution in [3.63, 3.8) is 0 Å². The fourth-order valence-corrected chi connectivity index (χ4v) is 2.16. The van der Waals surface area contributed by atoms with Crippen LogP contribution in [0.15, 0.2) is 23.1 Å². The Morgan fingerprint density at radius 2 is 2.14 bits per heavy atom. The monoisotopic (exact) mass is 288 g/mol. The maximum absolute atomic E-state index is 12.5. The minimum absolute atomic E-state index is 0.0504. The first-order valence-electron chi connectivity index (χ1n) is 6.77. The molecule has 6 heteroatoms. The summed E-state index contributed by atoms with van der Waals surface area (Å²) in [4.78, 5) is 16.7. The average Bonchev–Trinajstić information content (AvgIpc) is 2.37. The second-order valence-electron chi connectivity index (χ2n) is 6.28. The molecule has 21 heavy (non-hydrogen) atoms. The lowest BCUT2D eigenvalue weighted by Gasteiger charge is -2.20. The average molecular weight is 288 g/mol. The minimum atomic E-state index is -0.476. The molecule has 0 atom stereocenters. The van der Waals surface area contributed by atoms with E-state index in [-0.39, 0.29) is 16.7 Å². The van der Waals surface area contributed by atoms with Gasteiger partial charge < -0.3 is 10.8 Å². The summed E-state index contributed by atoms with van der Waals surface area (Å²) < 4.78 is 1.48. The number of aromatic hydroxyl groups is 1. The van der Waals surface area contributed by atoms with Gasteiger partial charge in [0.25, 0.3) is 5.56 Å². The van der Waals surface area contributed by atoms with Crippen LogP contribution < -0.4 is 11.3 Å². The Hall–Kier alpha value is -2.37. The number of nitrogens with two attached hydrogens (primary N) is 1. The Labute approximate surface area is 122 Å².